The van der Waals surface area contributed by atoms with Crippen LogP contribution in [-0.4, -0.2) is 43.0 Å². The minimum Gasteiger partial charge on any atom is -0.304 e. The van der Waals surface area contributed by atoms with E-state index in [9.17, 15) is 9.65 Å². The Morgan fingerprint density at radius 2 is 1.88 bits per heavy atom. The molecule has 0 N–H and O–H groups in total. The molecular formula is C13H16FN3. The molecule has 1 aromatic carbocycles. The van der Waals surface area contributed by atoms with Gasteiger partial charge in [-0.15, -0.1) is 0 Å². The van der Waals surface area contributed by atoms with Gasteiger partial charge in [-0.3, -0.25) is 4.90 Å². The number of hydrogen-bond donors (Lipinski definition) is 0. The largest absolute Gasteiger partial charge is 0.304 e. The van der Waals surface area contributed by atoms with Gasteiger partial charge in [-0.05, 0) is 13.1 Å². The highest BCUT2D eigenvalue weighted by atomic mass is 19.1. The molecule has 0 aliphatic carbocycles. The van der Waals surface area contributed by atoms with Crippen LogP contribution in [0.4, 0.5) is 4.39 Å². The van der Waals surface area contributed by atoms with Gasteiger partial charge in [-0.1, -0.05) is 18.2 Å². The molecule has 1 unspecified atom stereocenters. The fraction of sp³-hybridized carbons (Fsp3) is 0.462. The molecule has 90 valence electrons. The van der Waals surface area contributed by atoms with E-state index in [4.69, 9.17) is 0 Å². The fourth-order valence-corrected chi connectivity index (χ4v) is 2.12. The number of likely N-dealkylation sites (N-methyl/N-ethyl adjacent to an activating group) is 1. The molecule has 1 saturated heterocycles. The van der Waals surface area contributed by atoms with Crippen molar-refractivity contribution in [3.8, 4) is 6.07 Å². The van der Waals surface area contributed by atoms with Crippen LogP contribution in [-0.2, 0) is 0 Å². The first-order chi connectivity index (χ1) is 8.22. The summed E-state index contributed by atoms with van der Waals surface area (Å²) >= 11 is 0. The number of rotatable bonds is 2. The van der Waals surface area contributed by atoms with Gasteiger partial charge in [-0.25, -0.2) is 4.39 Å². The van der Waals surface area contributed by atoms with E-state index in [0.717, 1.165) is 26.2 Å². The SMILES string of the molecule is CN1CCN(C(C#N)c2ccccc2F)CC1. The number of benzene rings is 1. The molecular weight excluding hydrogens is 217 g/mol. The van der Waals surface area contributed by atoms with E-state index in [1.54, 1.807) is 18.2 Å². The van der Waals surface area contributed by atoms with E-state index in [-0.39, 0.29) is 5.82 Å². The van der Waals surface area contributed by atoms with Crippen LogP contribution < -0.4 is 0 Å². The van der Waals surface area contributed by atoms with Gasteiger partial charge in [0.2, 0.25) is 0 Å². The third kappa shape index (κ3) is 2.63. The Morgan fingerprint density at radius 1 is 1.24 bits per heavy atom. The van der Waals surface area contributed by atoms with Crippen molar-refractivity contribution in [2.45, 2.75) is 6.04 Å². The minimum atomic E-state index is -0.468. The van der Waals surface area contributed by atoms with Crippen molar-refractivity contribution in [2.75, 3.05) is 33.2 Å². The summed E-state index contributed by atoms with van der Waals surface area (Å²) in [5.41, 5.74) is 0.486. The predicted octanol–water partition coefficient (Wildman–Crippen LogP) is 1.64. The summed E-state index contributed by atoms with van der Waals surface area (Å²) in [4.78, 5) is 4.25. The first kappa shape index (κ1) is 12.0. The Bertz CT molecular complexity index is 419. The maximum Gasteiger partial charge on any atom is 0.129 e. The maximum atomic E-state index is 13.7. The van der Waals surface area contributed by atoms with Crippen LogP contribution in [0.2, 0.25) is 0 Å². The number of hydrogen-bond acceptors (Lipinski definition) is 3. The standard InChI is InChI=1S/C13H16FN3/c1-16-6-8-17(9-7-16)13(10-15)11-4-2-3-5-12(11)14/h2-5,13H,6-9H2,1H3. The third-order valence-electron chi connectivity index (χ3n) is 3.23. The number of nitrogens with zero attached hydrogens (tertiary/aromatic N) is 3. The van der Waals surface area contributed by atoms with Crippen LogP contribution in [0.25, 0.3) is 0 Å². The molecule has 1 atom stereocenters. The van der Waals surface area contributed by atoms with E-state index >= 15 is 0 Å². The van der Waals surface area contributed by atoms with Gasteiger partial charge in [0, 0.05) is 31.7 Å². The van der Waals surface area contributed by atoms with Gasteiger partial charge in [0.1, 0.15) is 11.9 Å². The Kier molecular flexibility index (Phi) is 3.72. The first-order valence-electron chi connectivity index (χ1n) is 5.79. The average Bonchev–Trinajstić information content (AvgIpc) is 2.35. The molecule has 1 fully saturated rings. The second-order valence-corrected chi connectivity index (χ2v) is 4.39. The van der Waals surface area contributed by atoms with Crippen LogP contribution in [0.15, 0.2) is 24.3 Å². The molecule has 4 heteroatoms. The summed E-state index contributed by atoms with van der Waals surface area (Å²) in [6.45, 7) is 3.46. The molecule has 17 heavy (non-hydrogen) atoms. The van der Waals surface area contributed by atoms with Gasteiger partial charge in [0.05, 0.1) is 6.07 Å². The van der Waals surface area contributed by atoms with Crippen LogP contribution in [0.1, 0.15) is 11.6 Å². The molecule has 1 heterocycles. The Hall–Kier alpha value is -1.44. The average molecular weight is 233 g/mol. The molecule has 1 aliphatic heterocycles. The van der Waals surface area contributed by atoms with Crippen LogP contribution in [0, 0.1) is 17.1 Å². The van der Waals surface area contributed by atoms with Gasteiger partial charge < -0.3 is 4.90 Å². The molecule has 0 aromatic heterocycles. The van der Waals surface area contributed by atoms with Gasteiger partial charge in [0.25, 0.3) is 0 Å². The molecule has 0 saturated carbocycles. The molecule has 1 aromatic rings. The van der Waals surface area contributed by atoms with Crippen molar-refractivity contribution in [2.24, 2.45) is 0 Å². The summed E-state index contributed by atoms with van der Waals surface area (Å²) in [6, 6.07) is 8.28. The topological polar surface area (TPSA) is 30.3 Å². The highest BCUT2D eigenvalue weighted by Gasteiger charge is 2.25. The van der Waals surface area contributed by atoms with E-state index in [1.807, 2.05) is 4.90 Å². The normalized spacial score (nSPS) is 19.8. The first-order valence-corrected chi connectivity index (χ1v) is 5.79. The lowest BCUT2D eigenvalue weighted by Crippen LogP contribution is -2.45. The summed E-state index contributed by atoms with van der Waals surface area (Å²) in [6.07, 6.45) is 0. The fourth-order valence-electron chi connectivity index (χ4n) is 2.12. The second-order valence-electron chi connectivity index (χ2n) is 4.39. The highest BCUT2D eigenvalue weighted by Crippen LogP contribution is 2.23. The van der Waals surface area contributed by atoms with Crippen molar-refractivity contribution in [3.63, 3.8) is 0 Å². The van der Waals surface area contributed by atoms with Crippen molar-refractivity contribution in [1.29, 1.82) is 5.26 Å². The summed E-state index contributed by atoms with van der Waals surface area (Å²) < 4.78 is 13.7. The highest BCUT2D eigenvalue weighted by molar-refractivity contribution is 5.26. The van der Waals surface area contributed by atoms with Gasteiger partial charge >= 0.3 is 0 Å². The van der Waals surface area contributed by atoms with E-state index in [0.29, 0.717) is 5.56 Å². The van der Waals surface area contributed by atoms with Crippen molar-refractivity contribution >= 4 is 0 Å². The van der Waals surface area contributed by atoms with Crippen LogP contribution >= 0.6 is 0 Å². The zero-order valence-electron chi connectivity index (χ0n) is 9.93. The number of nitriles is 1. The summed E-state index contributed by atoms with van der Waals surface area (Å²) in [5, 5.41) is 9.25. The monoisotopic (exact) mass is 233 g/mol. The molecule has 3 nitrogen and oxygen atoms in total. The lowest BCUT2D eigenvalue weighted by molar-refractivity contribution is 0.131. The van der Waals surface area contributed by atoms with E-state index in [2.05, 4.69) is 18.0 Å². The predicted molar refractivity (Wildman–Crippen MR) is 63.8 cm³/mol. The van der Waals surface area contributed by atoms with Crippen LogP contribution in [0.5, 0.6) is 0 Å². The van der Waals surface area contributed by atoms with E-state index < -0.39 is 6.04 Å². The zero-order valence-corrected chi connectivity index (χ0v) is 9.93. The van der Waals surface area contributed by atoms with Gasteiger partial charge in [-0.2, -0.15) is 5.26 Å². The smallest absolute Gasteiger partial charge is 0.129 e. The third-order valence-corrected chi connectivity index (χ3v) is 3.23. The molecule has 2 rings (SSSR count). The lowest BCUT2D eigenvalue weighted by Gasteiger charge is -2.35. The maximum absolute atomic E-state index is 13.7. The summed E-state index contributed by atoms with van der Waals surface area (Å²) in [5.74, 6) is -0.294. The Morgan fingerprint density at radius 3 is 2.47 bits per heavy atom. The second kappa shape index (κ2) is 5.26. The molecule has 0 bridgehead atoms. The Labute approximate surface area is 101 Å². The van der Waals surface area contributed by atoms with Crippen molar-refractivity contribution < 1.29 is 4.39 Å². The zero-order chi connectivity index (χ0) is 12.3. The molecule has 1 aliphatic rings. The number of piperazine rings is 1. The Balaban J connectivity index is 2.18. The van der Waals surface area contributed by atoms with Crippen molar-refractivity contribution in [1.82, 2.24) is 9.80 Å². The molecule has 0 spiro atoms. The minimum absolute atomic E-state index is 0.294. The molecule has 0 amide bonds. The quantitative estimate of drug-likeness (QED) is 0.778. The summed E-state index contributed by atoms with van der Waals surface area (Å²) in [7, 11) is 2.06. The lowest BCUT2D eigenvalue weighted by atomic mass is 10.1. The van der Waals surface area contributed by atoms with Crippen LogP contribution in [0.3, 0.4) is 0 Å². The van der Waals surface area contributed by atoms with Crippen molar-refractivity contribution in [3.05, 3.63) is 35.6 Å². The van der Waals surface area contributed by atoms with Gasteiger partial charge in [0.15, 0.2) is 0 Å². The number of halogens is 1. The van der Waals surface area contributed by atoms with E-state index in [1.165, 1.54) is 6.07 Å². The molecule has 0 radical (unpaired) electrons.